The largest absolute Gasteiger partial charge is 2.00 e. The van der Waals surface area contributed by atoms with E-state index in [0.717, 1.165) is 0 Å². The standard InChI is InChI=1S/C17H29.C11H17.Fe/c1-5-9-14-13-15(10-6-2)17(12-8-4)16(14)11-7-3;1-3-5-10-7-8-11(9-10)6-4-2;/h13H,5-12H2,1-4H3;7-9H,3-6H2,1-2H3;/q2*-1;+2. The van der Waals surface area contributed by atoms with Gasteiger partial charge in [0.1, 0.15) is 0 Å². The van der Waals surface area contributed by atoms with Gasteiger partial charge in [0.05, 0.1) is 0 Å². The van der Waals surface area contributed by atoms with E-state index in [-0.39, 0.29) is 17.1 Å². The molecule has 2 aromatic rings. The van der Waals surface area contributed by atoms with Crippen molar-refractivity contribution in [1.82, 2.24) is 0 Å². The molecule has 0 aliphatic heterocycles. The van der Waals surface area contributed by atoms with E-state index in [1.54, 1.807) is 22.3 Å². The molecule has 29 heavy (non-hydrogen) atoms. The third kappa shape index (κ3) is 9.71. The van der Waals surface area contributed by atoms with Crippen molar-refractivity contribution in [2.45, 2.75) is 119 Å². The van der Waals surface area contributed by atoms with Crippen molar-refractivity contribution in [3.8, 4) is 0 Å². The summed E-state index contributed by atoms with van der Waals surface area (Å²) in [6, 6.07) is 9.37. The molecular formula is C28H46Fe. The first-order valence-corrected chi connectivity index (χ1v) is 12.2. The third-order valence-electron chi connectivity index (χ3n) is 5.49. The van der Waals surface area contributed by atoms with Crippen molar-refractivity contribution in [1.29, 1.82) is 0 Å². The molecule has 0 bridgehead atoms. The van der Waals surface area contributed by atoms with Gasteiger partial charge in [-0.05, 0) is 0 Å². The van der Waals surface area contributed by atoms with Gasteiger partial charge in [0.15, 0.2) is 0 Å². The zero-order valence-electron chi connectivity index (χ0n) is 20.1. The summed E-state index contributed by atoms with van der Waals surface area (Å²) in [6.45, 7) is 13.7. The van der Waals surface area contributed by atoms with E-state index in [4.69, 9.17) is 0 Å². The smallest absolute Gasteiger partial charge is 0.210 e. The Kier molecular flexibility index (Phi) is 16.5. The molecule has 0 heterocycles. The van der Waals surface area contributed by atoms with Crippen LogP contribution in [0.2, 0.25) is 0 Å². The van der Waals surface area contributed by atoms with Gasteiger partial charge in [0.25, 0.3) is 0 Å². The van der Waals surface area contributed by atoms with Gasteiger partial charge < -0.3 is 0 Å². The topological polar surface area (TPSA) is 0 Å². The predicted octanol–water partition coefficient (Wildman–Crippen LogP) is 8.52. The summed E-state index contributed by atoms with van der Waals surface area (Å²) in [6.07, 6.45) is 15.2. The fourth-order valence-corrected chi connectivity index (χ4v) is 4.32. The molecule has 2 rings (SSSR count). The summed E-state index contributed by atoms with van der Waals surface area (Å²) in [5.74, 6) is 0. The zero-order chi connectivity index (χ0) is 20.8. The molecule has 0 saturated carbocycles. The number of hydrogen-bond donors (Lipinski definition) is 0. The van der Waals surface area contributed by atoms with Gasteiger partial charge in [0, 0.05) is 0 Å². The Hall–Kier alpha value is -0.781. The SMILES string of the molecule is CCCc1c[c-](CCC)c(CCC)c1CCC.CCCc1cc[c-](CCC)c1.[Fe+2]. The summed E-state index contributed by atoms with van der Waals surface area (Å²) in [4.78, 5) is 0. The normalized spacial score (nSPS) is 10.4. The van der Waals surface area contributed by atoms with Crippen molar-refractivity contribution < 1.29 is 17.1 Å². The van der Waals surface area contributed by atoms with Crippen LogP contribution < -0.4 is 0 Å². The second-order valence-corrected chi connectivity index (χ2v) is 8.28. The van der Waals surface area contributed by atoms with E-state index < -0.39 is 0 Å². The Morgan fingerprint density at radius 1 is 0.655 bits per heavy atom. The van der Waals surface area contributed by atoms with Crippen molar-refractivity contribution in [3.05, 3.63) is 57.6 Å². The van der Waals surface area contributed by atoms with E-state index in [9.17, 15) is 0 Å². The molecule has 0 unspecified atom stereocenters. The second-order valence-electron chi connectivity index (χ2n) is 8.28. The van der Waals surface area contributed by atoms with Gasteiger partial charge in [-0.15, -0.1) is 0 Å². The molecule has 2 aromatic carbocycles. The molecule has 0 spiro atoms. The third-order valence-corrected chi connectivity index (χ3v) is 5.49. The maximum Gasteiger partial charge on any atom is 2.00 e. The fraction of sp³-hybridized carbons (Fsp3) is 0.643. The van der Waals surface area contributed by atoms with Gasteiger partial charge >= 0.3 is 17.1 Å². The van der Waals surface area contributed by atoms with E-state index in [1.165, 1.54) is 88.2 Å². The maximum atomic E-state index is 2.52. The predicted molar refractivity (Wildman–Crippen MR) is 128 cm³/mol. The molecule has 0 saturated heterocycles. The van der Waals surface area contributed by atoms with Crippen molar-refractivity contribution in [2.24, 2.45) is 0 Å². The minimum atomic E-state index is 0. The van der Waals surface area contributed by atoms with Crippen LogP contribution in [0.4, 0.5) is 0 Å². The van der Waals surface area contributed by atoms with Crippen molar-refractivity contribution in [3.63, 3.8) is 0 Å². The molecule has 0 aliphatic carbocycles. The first kappa shape index (κ1) is 28.2. The van der Waals surface area contributed by atoms with Crippen LogP contribution in [0.5, 0.6) is 0 Å². The van der Waals surface area contributed by atoms with Crippen LogP contribution in [0, 0.1) is 0 Å². The molecule has 0 nitrogen and oxygen atoms in total. The number of aryl methyl sites for hydroxylation is 4. The molecule has 0 aliphatic rings. The average Bonchev–Trinajstić information content (AvgIpc) is 3.24. The van der Waals surface area contributed by atoms with E-state index in [1.807, 2.05) is 0 Å². The second kappa shape index (κ2) is 17.0. The average molecular weight is 439 g/mol. The first-order valence-electron chi connectivity index (χ1n) is 12.2. The van der Waals surface area contributed by atoms with Crippen molar-refractivity contribution in [2.75, 3.05) is 0 Å². The summed E-state index contributed by atoms with van der Waals surface area (Å²) in [5.41, 5.74) is 9.74. The van der Waals surface area contributed by atoms with Gasteiger partial charge in [0.2, 0.25) is 0 Å². The minimum Gasteiger partial charge on any atom is -0.210 e. The van der Waals surface area contributed by atoms with E-state index in [0.29, 0.717) is 0 Å². The fourth-order valence-electron chi connectivity index (χ4n) is 4.32. The molecule has 0 amide bonds. The molecule has 0 N–H and O–H groups in total. The Balaban J connectivity index is 0.000000568. The Morgan fingerprint density at radius 2 is 1.28 bits per heavy atom. The number of hydrogen-bond acceptors (Lipinski definition) is 0. The van der Waals surface area contributed by atoms with Crippen molar-refractivity contribution >= 4 is 0 Å². The summed E-state index contributed by atoms with van der Waals surface area (Å²) in [7, 11) is 0. The Morgan fingerprint density at radius 3 is 1.83 bits per heavy atom. The van der Waals surface area contributed by atoms with Crippen LogP contribution >= 0.6 is 0 Å². The van der Waals surface area contributed by atoms with Gasteiger partial charge in [-0.2, -0.15) is 51.6 Å². The van der Waals surface area contributed by atoms with Gasteiger partial charge in [-0.1, -0.05) is 119 Å². The minimum absolute atomic E-state index is 0. The number of rotatable bonds is 12. The van der Waals surface area contributed by atoms with E-state index >= 15 is 0 Å². The van der Waals surface area contributed by atoms with Crippen LogP contribution in [0.1, 0.15) is 113 Å². The van der Waals surface area contributed by atoms with Gasteiger partial charge in [-0.3, -0.25) is 0 Å². The van der Waals surface area contributed by atoms with Crippen LogP contribution in [-0.2, 0) is 55.6 Å². The first-order chi connectivity index (χ1) is 13.6. The van der Waals surface area contributed by atoms with Crippen LogP contribution in [0.25, 0.3) is 0 Å². The maximum absolute atomic E-state index is 2.52. The van der Waals surface area contributed by atoms with Crippen LogP contribution in [-0.4, -0.2) is 0 Å². The molecule has 0 aromatic heterocycles. The van der Waals surface area contributed by atoms with Gasteiger partial charge in [-0.25, -0.2) is 6.07 Å². The van der Waals surface area contributed by atoms with Crippen LogP contribution in [0.3, 0.4) is 0 Å². The van der Waals surface area contributed by atoms with E-state index in [2.05, 4.69) is 65.8 Å². The molecular weight excluding hydrogens is 392 g/mol. The Bertz CT molecular complexity index is 578. The molecule has 166 valence electrons. The molecule has 1 heteroatoms. The summed E-state index contributed by atoms with van der Waals surface area (Å²) >= 11 is 0. The van der Waals surface area contributed by atoms with Crippen LogP contribution in [0.15, 0.2) is 24.3 Å². The summed E-state index contributed by atoms with van der Waals surface area (Å²) in [5, 5.41) is 0. The quantitative estimate of drug-likeness (QED) is 0.230. The molecule has 0 radical (unpaired) electrons. The molecule has 0 fully saturated rings. The summed E-state index contributed by atoms with van der Waals surface area (Å²) < 4.78 is 0. The molecule has 0 atom stereocenters. The monoisotopic (exact) mass is 438 g/mol. The zero-order valence-corrected chi connectivity index (χ0v) is 21.3. The Labute approximate surface area is 193 Å².